The number of methoxy groups -OCH3 is 1. The van der Waals surface area contributed by atoms with Crippen molar-refractivity contribution in [2.75, 3.05) is 43.5 Å². The highest BCUT2D eigenvalue weighted by molar-refractivity contribution is 6.36. The third kappa shape index (κ3) is 4.11. The number of carbonyl (C=O) groups excluding carboxylic acids is 1. The Bertz CT molecular complexity index is 762. The van der Waals surface area contributed by atoms with Gasteiger partial charge in [0.25, 0.3) is 0 Å². The molecule has 0 saturated carbocycles. The van der Waals surface area contributed by atoms with Crippen molar-refractivity contribution < 1.29 is 9.53 Å². The molecule has 0 bridgehead atoms. The molecule has 25 heavy (non-hydrogen) atoms. The standard InChI is InChI=1S/C18H19Cl2N3O2/c1-25-17-5-3-2-4-16(17)22-8-10-23(11-9-22)18(24)21-15-7-6-13(19)12-14(15)20/h2-7,12H,8-11H2,1H3,(H,21,24). The van der Waals surface area contributed by atoms with Gasteiger partial charge in [-0.25, -0.2) is 4.79 Å². The topological polar surface area (TPSA) is 44.8 Å². The zero-order chi connectivity index (χ0) is 17.8. The number of nitrogens with zero attached hydrogens (tertiary/aromatic N) is 2. The van der Waals surface area contributed by atoms with E-state index in [1.165, 1.54) is 0 Å². The number of para-hydroxylation sites is 2. The van der Waals surface area contributed by atoms with Gasteiger partial charge in [0.15, 0.2) is 0 Å². The number of benzene rings is 2. The highest BCUT2D eigenvalue weighted by atomic mass is 35.5. The van der Waals surface area contributed by atoms with E-state index in [2.05, 4.69) is 10.2 Å². The Balaban J connectivity index is 1.61. The summed E-state index contributed by atoms with van der Waals surface area (Å²) in [6.45, 7) is 2.72. The van der Waals surface area contributed by atoms with Crippen molar-refractivity contribution >= 4 is 40.6 Å². The van der Waals surface area contributed by atoms with Crippen LogP contribution in [0.1, 0.15) is 0 Å². The molecule has 1 fully saturated rings. The normalized spacial score (nSPS) is 14.4. The number of rotatable bonds is 3. The third-order valence-electron chi connectivity index (χ3n) is 4.17. The highest BCUT2D eigenvalue weighted by Crippen LogP contribution is 2.29. The summed E-state index contributed by atoms with van der Waals surface area (Å²) < 4.78 is 5.41. The molecule has 2 amide bonds. The average Bonchev–Trinajstić information content (AvgIpc) is 2.64. The molecule has 1 N–H and O–H groups in total. The first-order valence-corrected chi connectivity index (χ1v) is 8.73. The second-order valence-corrected chi connectivity index (χ2v) is 6.54. The molecule has 5 nitrogen and oxygen atoms in total. The van der Waals surface area contributed by atoms with Crippen LogP contribution in [0.3, 0.4) is 0 Å². The largest absolute Gasteiger partial charge is 0.495 e. The quantitative estimate of drug-likeness (QED) is 0.861. The van der Waals surface area contributed by atoms with E-state index in [4.69, 9.17) is 27.9 Å². The van der Waals surface area contributed by atoms with Crippen LogP contribution >= 0.6 is 23.2 Å². The molecule has 0 aliphatic carbocycles. The van der Waals surface area contributed by atoms with E-state index in [1.54, 1.807) is 30.2 Å². The Kier molecular flexibility index (Phi) is 5.56. The number of nitrogens with one attached hydrogen (secondary N) is 1. The first-order valence-electron chi connectivity index (χ1n) is 7.97. The highest BCUT2D eigenvalue weighted by Gasteiger charge is 2.23. The van der Waals surface area contributed by atoms with Crippen molar-refractivity contribution in [1.29, 1.82) is 0 Å². The number of carbonyl (C=O) groups is 1. The van der Waals surface area contributed by atoms with Gasteiger partial charge in [0.2, 0.25) is 0 Å². The van der Waals surface area contributed by atoms with Gasteiger partial charge in [-0.15, -0.1) is 0 Å². The van der Waals surface area contributed by atoms with Gasteiger partial charge in [-0.1, -0.05) is 35.3 Å². The van der Waals surface area contributed by atoms with Gasteiger partial charge in [-0.05, 0) is 30.3 Å². The average molecular weight is 380 g/mol. The molecule has 2 aromatic carbocycles. The SMILES string of the molecule is COc1ccccc1N1CCN(C(=O)Nc2ccc(Cl)cc2Cl)CC1. The summed E-state index contributed by atoms with van der Waals surface area (Å²) in [5.74, 6) is 0.841. The fraction of sp³-hybridized carbons (Fsp3) is 0.278. The van der Waals surface area contributed by atoms with Crippen LogP contribution in [0, 0.1) is 0 Å². The van der Waals surface area contributed by atoms with Crippen molar-refractivity contribution in [2.24, 2.45) is 0 Å². The first-order chi connectivity index (χ1) is 12.1. The van der Waals surface area contributed by atoms with Crippen LogP contribution in [0.4, 0.5) is 16.2 Å². The molecule has 0 unspecified atom stereocenters. The molecule has 0 radical (unpaired) electrons. The summed E-state index contributed by atoms with van der Waals surface area (Å²) in [5.41, 5.74) is 1.61. The summed E-state index contributed by atoms with van der Waals surface area (Å²) in [6, 6.07) is 12.7. The van der Waals surface area contributed by atoms with Crippen molar-refractivity contribution in [1.82, 2.24) is 4.90 Å². The van der Waals surface area contributed by atoms with Gasteiger partial charge in [-0.3, -0.25) is 0 Å². The molecule has 2 aromatic rings. The van der Waals surface area contributed by atoms with Crippen LogP contribution in [0.15, 0.2) is 42.5 Å². The number of halogens is 2. The van der Waals surface area contributed by atoms with E-state index in [0.29, 0.717) is 28.8 Å². The Morgan fingerprint density at radius 2 is 1.80 bits per heavy atom. The van der Waals surface area contributed by atoms with Gasteiger partial charge in [-0.2, -0.15) is 0 Å². The zero-order valence-corrected chi connectivity index (χ0v) is 15.3. The van der Waals surface area contributed by atoms with Crippen LogP contribution in [-0.4, -0.2) is 44.2 Å². The Hall–Kier alpha value is -2.11. The molecule has 1 heterocycles. The molecular formula is C18H19Cl2N3O2. The van der Waals surface area contributed by atoms with Crippen molar-refractivity contribution in [3.05, 3.63) is 52.5 Å². The van der Waals surface area contributed by atoms with Crippen LogP contribution in [0.25, 0.3) is 0 Å². The summed E-state index contributed by atoms with van der Waals surface area (Å²) >= 11 is 12.0. The predicted molar refractivity (Wildman–Crippen MR) is 102 cm³/mol. The van der Waals surface area contributed by atoms with Crippen LogP contribution in [-0.2, 0) is 0 Å². The van der Waals surface area contributed by atoms with E-state index in [1.807, 2.05) is 24.3 Å². The van der Waals surface area contributed by atoms with E-state index in [9.17, 15) is 4.79 Å². The third-order valence-corrected chi connectivity index (χ3v) is 4.71. The smallest absolute Gasteiger partial charge is 0.322 e. The zero-order valence-electron chi connectivity index (χ0n) is 13.8. The number of hydrogen-bond donors (Lipinski definition) is 1. The van der Waals surface area contributed by atoms with E-state index < -0.39 is 0 Å². The molecule has 1 saturated heterocycles. The van der Waals surface area contributed by atoms with Gasteiger partial charge in [0.05, 0.1) is 23.5 Å². The van der Waals surface area contributed by atoms with Crippen molar-refractivity contribution in [3.8, 4) is 5.75 Å². The van der Waals surface area contributed by atoms with Gasteiger partial charge in [0.1, 0.15) is 5.75 Å². The molecule has 0 atom stereocenters. The number of hydrogen-bond acceptors (Lipinski definition) is 3. The van der Waals surface area contributed by atoms with Gasteiger partial charge in [0, 0.05) is 31.2 Å². The van der Waals surface area contributed by atoms with E-state index in [-0.39, 0.29) is 6.03 Å². The molecular weight excluding hydrogens is 361 g/mol. The second kappa shape index (κ2) is 7.85. The van der Waals surface area contributed by atoms with Crippen LogP contribution < -0.4 is 15.0 Å². The molecule has 0 aromatic heterocycles. The fourth-order valence-corrected chi connectivity index (χ4v) is 3.28. The van der Waals surface area contributed by atoms with E-state index in [0.717, 1.165) is 24.5 Å². The Labute approximate surface area is 157 Å². The Morgan fingerprint density at radius 3 is 2.48 bits per heavy atom. The van der Waals surface area contributed by atoms with Crippen molar-refractivity contribution in [2.45, 2.75) is 0 Å². The Morgan fingerprint density at radius 1 is 1.08 bits per heavy atom. The van der Waals surface area contributed by atoms with Crippen molar-refractivity contribution in [3.63, 3.8) is 0 Å². The maximum absolute atomic E-state index is 12.5. The summed E-state index contributed by atoms with van der Waals surface area (Å²) in [7, 11) is 1.67. The minimum atomic E-state index is -0.163. The first kappa shape index (κ1) is 17.7. The predicted octanol–water partition coefficient (Wildman–Crippen LogP) is 4.36. The number of piperazine rings is 1. The van der Waals surface area contributed by atoms with Gasteiger partial charge < -0.3 is 19.9 Å². The molecule has 1 aliphatic rings. The number of amides is 2. The monoisotopic (exact) mass is 379 g/mol. The lowest BCUT2D eigenvalue weighted by Gasteiger charge is -2.36. The lowest BCUT2D eigenvalue weighted by Crippen LogP contribution is -2.50. The minimum Gasteiger partial charge on any atom is -0.495 e. The summed E-state index contributed by atoms with van der Waals surface area (Å²) in [5, 5.41) is 3.80. The lowest BCUT2D eigenvalue weighted by molar-refractivity contribution is 0.208. The second-order valence-electron chi connectivity index (χ2n) is 5.70. The number of anilines is 2. The summed E-state index contributed by atoms with van der Waals surface area (Å²) in [6.07, 6.45) is 0. The molecule has 3 rings (SSSR count). The molecule has 0 spiro atoms. The maximum atomic E-state index is 12.5. The minimum absolute atomic E-state index is 0.163. The van der Waals surface area contributed by atoms with Crippen LogP contribution in [0.2, 0.25) is 10.0 Å². The summed E-state index contributed by atoms with van der Waals surface area (Å²) in [4.78, 5) is 16.4. The fourth-order valence-electron chi connectivity index (χ4n) is 2.83. The lowest BCUT2D eigenvalue weighted by atomic mass is 10.2. The maximum Gasteiger partial charge on any atom is 0.322 e. The molecule has 132 valence electrons. The van der Waals surface area contributed by atoms with E-state index >= 15 is 0 Å². The number of urea groups is 1. The molecule has 1 aliphatic heterocycles. The van der Waals surface area contributed by atoms with Gasteiger partial charge >= 0.3 is 6.03 Å². The van der Waals surface area contributed by atoms with Crippen LogP contribution in [0.5, 0.6) is 5.75 Å². The molecule has 7 heteroatoms. The number of ether oxygens (including phenoxy) is 1.